The number of nitrogens with one attached hydrogen (secondary N) is 1. The van der Waals surface area contributed by atoms with Crippen LogP contribution in [0, 0.1) is 6.92 Å². The predicted molar refractivity (Wildman–Crippen MR) is 95.0 cm³/mol. The van der Waals surface area contributed by atoms with Crippen molar-refractivity contribution in [1.82, 2.24) is 20.3 Å². The molecule has 1 aliphatic rings. The van der Waals surface area contributed by atoms with Gasteiger partial charge in [-0.3, -0.25) is 4.79 Å². The molecule has 8 heteroatoms. The minimum Gasteiger partial charge on any atom is -0.466 e. The van der Waals surface area contributed by atoms with E-state index in [1.807, 2.05) is 26.0 Å². The molecule has 0 aliphatic carbocycles. The van der Waals surface area contributed by atoms with Crippen molar-refractivity contribution in [2.45, 2.75) is 39.2 Å². The van der Waals surface area contributed by atoms with Gasteiger partial charge in [0.2, 0.25) is 5.91 Å². The topological polar surface area (TPSA) is 97.3 Å². The number of hydrogen-bond donors (Lipinski definition) is 1. The molecule has 0 aromatic carbocycles. The summed E-state index contributed by atoms with van der Waals surface area (Å²) in [5.74, 6) is 3.05. The lowest BCUT2D eigenvalue weighted by molar-refractivity contribution is -0.119. The average Bonchev–Trinajstić information content (AvgIpc) is 3.31. The largest absolute Gasteiger partial charge is 0.466 e. The van der Waals surface area contributed by atoms with Crippen LogP contribution in [-0.2, 0) is 11.2 Å². The standard InChI is InChI=1S/C18H21N5O3/c1-4-15-22-16-17(19-9-20-18(16)26-15)23-7-12(13(8-23)21-11(3)24)14-6-5-10(2)25-14/h5-6,9,12-13H,4,7-8H2,1-3H3,(H,21,24)/t12-,13-/m1/s1. The highest BCUT2D eigenvalue weighted by molar-refractivity contribution is 5.82. The van der Waals surface area contributed by atoms with Gasteiger partial charge in [0.05, 0.1) is 12.0 Å². The second-order valence-electron chi connectivity index (χ2n) is 6.58. The Morgan fingerprint density at radius 2 is 2.15 bits per heavy atom. The quantitative estimate of drug-likeness (QED) is 0.766. The van der Waals surface area contributed by atoms with E-state index in [1.54, 1.807) is 0 Å². The van der Waals surface area contributed by atoms with Gasteiger partial charge < -0.3 is 19.1 Å². The van der Waals surface area contributed by atoms with E-state index < -0.39 is 0 Å². The maximum Gasteiger partial charge on any atom is 0.252 e. The van der Waals surface area contributed by atoms with Crippen molar-refractivity contribution in [3.63, 3.8) is 0 Å². The first kappa shape index (κ1) is 16.6. The molecule has 1 amide bonds. The van der Waals surface area contributed by atoms with Gasteiger partial charge in [-0.15, -0.1) is 0 Å². The van der Waals surface area contributed by atoms with E-state index in [4.69, 9.17) is 8.83 Å². The van der Waals surface area contributed by atoms with Crippen LogP contribution in [0.1, 0.15) is 37.2 Å². The zero-order valence-electron chi connectivity index (χ0n) is 15.0. The van der Waals surface area contributed by atoms with E-state index in [0.717, 1.165) is 17.3 Å². The van der Waals surface area contributed by atoms with Crippen LogP contribution in [0.3, 0.4) is 0 Å². The Kier molecular flexibility index (Phi) is 4.10. The lowest BCUT2D eigenvalue weighted by atomic mass is 10.0. The van der Waals surface area contributed by atoms with E-state index >= 15 is 0 Å². The number of aromatic nitrogens is 3. The molecule has 0 spiro atoms. The van der Waals surface area contributed by atoms with Gasteiger partial charge in [-0.2, -0.15) is 4.98 Å². The van der Waals surface area contributed by atoms with E-state index in [9.17, 15) is 4.79 Å². The van der Waals surface area contributed by atoms with Crippen molar-refractivity contribution in [1.29, 1.82) is 0 Å². The Morgan fingerprint density at radius 3 is 2.85 bits per heavy atom. The summed E-state index contributed by atoms with van der Waals surface area (Å²) in [6.45, 7) is 6.71. The summed E-state index contributed by atoms with van der Waals surface area (Å²) in [5, 5.41) is 3.04. The molecule has 0 unspecified atom stereocenters. The lowest BCUT2D eigenvalue weighted by Gasteiger charge is -2.17. The van der Waals surface area contributed by atoms with Crippen LogP contribution in [0.5, 0.6) is 0 Å². The highest BCUT2D eigenvalue weighted by Gasteiger charge is 2.38. The number of amides is 1. The Labute approximate surface area is 150 Å². The van der Waals surface area contributed by atoms with Crippen LogP contribution in [0.4, 0.5) is 5.82 Å². The van der Waals surface area contributed by atoms with Gasteiger partial charge in [-0.25, -0.2) is 9.97 Å². The van der Waals surface area contributed by atoms with Crippen LogP contribution < -0.4 is 10.2 Å². The normalized spacial score (nSPS) is 20.0. The number of hydrogen-bond acceptors (Lipinski definition) is 7. The number of carbonyl (C=O) groups is 1. The maximum absolute atomic E-state index is 11.7. The third kappa shape index (κ3) is 2.91. The van der Waals surface area contributed by atoms with Gasteiger partial charge in [0.25, 0.3) is 5.71 Å². The second kappa shape index (κ2) is 6.44. The van der Waals surface area contributed by atoms with Crippen LogP contribution in [0.2, 0.25) is 0 Å². The maximum atomic E-state index is 11.7. The number of carbonyl (C=O) groups excluding carboxylic acids is 1. The van der Waals surface area contributed by atoms with Gasteiger partial charge >= 0.3 is 0 Å². The summed E-state index contributed by atoms with van der Waals surface area (Å²) in [5.41, 5.74) is 1.14. The molecule has 3 aromatic heterocycles. The zero-order chi connectivity index (χ0) is 18.3. The van der Waals surface area contributed by atoms with Crippen molar-refractivity contribution in [2.24, 2.45) is 0 Å². The number of rotatable bonds is 4. The Bertz CT molecular complexity index is 947. The number of oxazole rings is 1. The number of nitrogens with zero attached hydrogens (tertiary/aromatic N) is 4. The van der Waals surface area contributed by atoms with Gasteiger partial charge in [-0.05, 0) is 19.1 Å². The van der Waals surface area contributed by atoms with E-state index in [-0.39, 0.29) is 17.9 Å². The Balaban J connectivity index is 1.69. The van der Waals surface area contributed by atoms with Crippen molar-refractivity contribution < 1.29 is 13.6 Å². The molecule has 1 saturated heterocycles. The first-order chi connectivity index (χ1) is 12.5. The predicted octanol–water partition coefficient (Wildman–Crippen LogP) is 2.19. The van der Waals surface area contributed by atoms with Crippen molar-refractivity contribution in [2.75, 3.05) is 18.0 Å². The summed E-state index contributed by atoms with van der Waals surface area (Å²) < 4.78 is 11.5. The molecule has 4 rings (SSSR count). The number of anilines is 1. The molecular weight excluding hydrogens is 334 g/mol. The third-order valence-electron chi connectivity index (χ3n) is 4.66. The summed E-state index contributed by atoms with van der Waals surface area (Å²) >= 11 is 0. The summed E-state index contributed by atoms with van der Waals surface area (Å²) in [4.78, 5) is 26.9. The molecule has 4 heterocycles. The Hall–Kier alpha value is -2.90. The molecule has 3 aromatic rings. The van der Waals surface area contributed by atoms with E-state index in [0.29, 0.717) is 36.6 Å². The fourth-order valence-electron chi connectivity index (χ4n) is 3.49. The van der Waals surface area contributed by atoms with Crippen LogP contribution in [0.15, 0.2) is 27.3 Å². The first-order valence-corrected chi connectivity index (χ1v) is 8.74. The average molecular weight is 355 g/mol. The minimum absolute atomic E-state index is 0.0372. The Morgan fingerprint density at radius 1 is 1.31 bits per heavy atom. The molecule has 1 aliphatic heterocycles. The molecule has 136 valence electrons. The molecule has 26 heavy (non-hydrogen) atoms. The monoisotopic (exact) mass is 355 g/mol. The lowest BCUT2D eigenvalue weighted by Crippen LogP contribution is -2.38. The molecule has 1 N–H and O–H groups in total. The fourth-order valence-corrected chi connectivity index (χ4v) is 3.49. The smallest absolute Gasteiger partial charge is 0.252 e. The van der Waals surface area contributed by atoms with Gasteiger partial charge in [0.15, 0.2) is 17.2 Å². The molecular formula is C18H21N5O3. The number of fused-ring (bicyclic) bond motifs is 1. The fraction of sp³-hybridized carbons (Fsp3) is 0.444. The summed E-state index contributed by atoms with van der Waals surface area (Å²) in [7, 11) is 0. The SMILES string of the molecule is CCc1nc2c(N3C[C@@H](NC(C)=O)[C@H](c4ccc(C)o4)C3)ncnc2o1. The van der Waals surface area contributed by atoms with E-state index in [2.05, 4.69) is 25.2 Å². The number of aryl methyl sites for hydroxylation is 2. The van der Waals surface area contributed by atoms with Crippen molar-refractivity contribution in [3.05, 3.63) is 35.9 Å². The third-order valence-corrected chi connectivity index (χ3v) is 4.66. The van der Waals surface area contributed by atoms with Gasteiger partial charge in [0, 0.05) is 26.4 Å². The molecule has 0 bridgehead atoms. The summed E-state index contributed by atoms with van der Waals surface area (Å²) in [6.07, 6.45) is 2.18. The first-order valence-electron chi connectivity index (χ1n) is 8.74. The van der Waals surface area contributed by atoms with Crippen molar-refractivity contribution >= 4 is 23.0 Å². The van der Waals surface area contributed by atoms with Crippen LogP contribution in [-0.4, -0.2) is 40.0 Å². The van der Waals surface area contributed by atoms with Crippen LogP contribution >= 0.6 is 0 Å². The van der Waals surface area contributed by atoms with Gasteiger partial charge in [0.1, 0.15) is 17.8 Å². The van der Waals surface area contributed by atoms with Crippen LogP contribution in [0.25, 0.3) is 11.2 Å². The molecule has 2 atom stereocenters. The summed E-state index contributed by atoms with van der Waals surface area (Å²) in [6, 6.07) is 3.84. The minimum atomic E-state index is -0.0689. The van der Waals surface area contributed by atoms with Gasteiger partial charge in [-0.1, -0.05) is 6.92 Å². The number of furan rings is 1. The highest BCUT2D eigenvalue weighted by atomic mass is 16.4. The molecule has 0 radical (unpaired) electrons. The van der Waals surface area contributed by atoms with E-state index in [1.165, 1.54) is 13.3 Å². The molecule has 1 fully saturated rings. The molecule has 0 saturated carbocycles. The molecule has 8 nitrogen and oxygen atoms in total. The highest BCUT2D eigenvalue weighted by Crippen LogP contribution is 2.34. The zero-order valence-corrected chi connectivity index (χ0v) is 15.0. The van der Waals surface area contributed by atoms with Crippen molar-refractivity contribution in [3.8, 4) is 0 Å². The second-order valence-corrected chi connectivity index (χ2v) is 6.58.